The van der Waals surface area contributed by atoms with E-state index in [1.807, 2.05) is 91.0 Å². The average molecular weight is 702 g/mol. The van der Waals surface area contributed by atoms with Gasteiger partial charge in [-0.1, -0.05) is 97.1 Å². The molecule has 0 spiro atoms. The van der Waals surface area contributed by atoms with E-state index in [0.717, 1.165) is 16.7 Å². The van der Waals surface area contributed by atoms with Crippen LogP contribution in [0.1, 0.15) is 77.4 Å². The summed E-state index contributed by atoms with van der Waals surface area (Å²) in [7, 11) is 0. The summed E-state index contributed by atoms with van der Waals surface area (Å²) in [5.74, 6) is -0.666. The number of nitrogens with one attached hydrogen (secondary N) is 1. The third-order valence-electron chi connectivity index (χ3n) is 8.10. The lowest BCUT2D eigenvalue weighted by molar-refractivity contribution is -0.219. The highest BCUT2D eigenvalue weighted by molar-refractivity contribution is 5.92. The SMILES string of the molecule is CC(C)(C)OC(=O)N/C(=C\CC[C@@H]1O[C@H](COCc2ccccc2)[C@@H]2O[C@@H](c3ccccc3)O[C@@H]2[C@H]1OCc1ccccc1)C(=O)OC(C)(C)C. The average Bonchev–Trinajstić information content (AvgIpc) is 3.53. The maximum Gasteiger partial charge on any atom is 0.412 e. The molecule has 0 saturated carbocycles. The van der Waals surface area contributed by atoms with Crippen molar-refractivity contribution < 1.29 is 42.7 Å². The van der Waals surface area contributed by atoms with Gasteiger partial charge < -0.3 is 33.2 Å². The standard InChI is InChI=1S/C41H51NO9/c1-40(2,3)50-37(43)31(42-39(44)51-41(4,5)6)23-16-24-32-34(46-26-29-19-12-8-13-20-29)36-35(48-38(49-36)30-21-14-9-15-22-30)33(47-32)27-45-25-28-17-10-7-11-18-28/h7-15,17-23,32-36,38H,16,24-27H2,1-6H3,(H,42,44)/b31-23-/t32-,33+,34-,35-,36+,38+/m0/s1. The first-order valence-electron chi connectivity index (χ1n) is 17.6. The summed E-state index contributed by atoms with van der Waals surface area (Å²) in [4.78, 5) is 25.9. The number of amides is 1. The molecule has 0 aliphatic carbocycles. The Labute approximate surface area is 301 Å². The Bertz CT molecular complexity index is 1570. The van der Waals surface area contributed by atoms with Crippen molar-refractivity contribution in [1.29, 1.82) is 0 Å². The van der Waals surface area contributed by atoms with E-state index in [9.17, 15) is 9.59 Å². The van der Waals surface area contributed by atoms with Crippen LogP contribution in [0.25, 0.3) is 0 Å². The third-order valence-corrected chi connectivity index (χ3v) is 8.10. The molecular formula is C41H51NO9. The van der Waals surface area contributed by atoms with Gasteiger partial charge in [0.05, 0.1) is 25.9 Å². The van der Waals surface area contributed by atoms with Crippen molar-refractivity contribution in [1.82, 2.24) is 5.32 Å². The normalized spacial score (nSPS) is 23.7. The van der Waals surface area contributed by atoms with Gasteiger partial charge in [0, 0.05) is 5.56 Å². The van der Waals surface area contributed by atoms with Crippen LogP contribution in [0, 0.1) is 0 Å². The molecule has 1 N–H and O–H groups in total. The lowest BCUT2D eigenvalue weighted by Crippen LogP contribution is -2.58. The Balaban J connectivity index is 1.39. The molecule has 10 nitrogen and oxygen atoms in total. The second-order valence-electron chi connectivity index (χ2n) is 14.7. The summed E-state index contributed by atoms with van der Waals surface area (Å²) in [6, 6.07) is 29.7. The Morgan fingerprint density at radius 1 is 0.706 bits per heavy atom. The zero-order chi connectivity index (χ0) is 36.4. The van der Waals surface area contributed by atoms with Crippen LogP contribution < -0.4 is 5.32 Å². The fraction of sp³-hybridized carbons (Fsp3) is 0.463. The van der Waals surface area contributed by atoms with Crippen molar-refractivity contribution >= 4 is 12.1 Å². The van der Waals surface area contributed by atoms with Crippen molar-refractivity contribution in [3.05, 3.63) is 119 Å². The molecule has 0 bridgehead atoms. The topological polar surface area (TPSA) is 111 Å². The van der Waals surface area contributed by atoms with Gasteiger partial charge in [-0.15, -0.1) is 0 Å². The van der Waals surface area contributed by atoms with E-state index in [2.05, 4.69) is 5.32 Å². The van der Waals surface area contributed by atoms with Crippen LogP contribution in [0.3, 0.4) is 0 Å². The number of ether oxygens (including phenoxy) is 7. The molecule has 2 fully saturated rings. The van der Waals surface area contributed by atoms with Crippen molar-refractivity contribution in [3.8, 4) is 0 Å². The van der Waals surface area contributed by atoms with Gasteiger partial charge in [0.15, 0.2) is 6.29 Å². The third kappa shape index (κ3) is 11.7. The van der Waals surface area contributed by atoms with E-state index in [1.54, 1.807) is 47.6 Å². The summed E-state index contributed by atoms with van der Waals surface area (Å²) in [6.07, 6.45) is -1.36. The monoisotopic (exact) mass is 701 g/mol. The van der Waals surface area contributed by atoms with Crippen LogP contribution in [0.4, 0.5) is 4.79 Å². The molecule has 10 heteroatoms. The Morgan fingerprint density at radius 3 is 1.88 bits per heavy atom. The summed E-state index contributed by atoms with van der Waals surface area (Å²) in [5, 5.41) is 2.59. The number of hydrogen-bond donors (Lipinski definition) is 1. The Morgan fingerprint density at radius 2 is 1.27 bits per heavy atom. The zero-order valence-corrected chi connectivity index (χ0v) is 30.4. The van der Waals surface area contributed by atoms with Crippen molar-refractivity contribution in [3.63, 3.8) is 0 Å². The lowest BCUT2D eigenvalue weighted by atomic mass is 9.92. The fourth-order valence-corrected chi connectivity index (χ4v) is 5.92. The smallest absolute Gasteiger partial charge is 0.412 e. The van der Waals surface area contributed by atoms with Gasteiger partial charge in [0.1, 0.15) is 41.3 Å². The summed E-state index contributed by atoms with van der Waals surface area (Å²) >= 11 is 0. The van der Waals surface area contributed by atoms with E-state index in [0.29, 0.717) is 26.1 Å². The number of carbonyl (C=O) groups excluding carboxylic acids is 2. The fourth-order valence-electron chi connectivity index (χ4n) is 5.92. The van der Waals surface area contributed by atoms with Crippen LogP contribution in [-0.4, -0.2) is 60.4 Å². The largest absolute Gasteiger partial charge is 0.455 e. The number of fused-ring (bicyclic) bond motifs is 1. The molecule has 2 aliphatic heterocycles. The van der Waals surface area contributed by atoms with Crippen molar-refractivity contribution in [2.75, 3.05) is 6.61 Å². The molecule has 3 aromatic carbocycles. The first kappa shape index (κ1) is 38.2. The van der Waals surface area contributed by atoms with E-state index in [4.69, 9.17) is 33.2 Å². The van der Waals surface area contributed by atoms with Crippen LogP contribution in [0.15, 0.2) is 103 Å². The molecule has 274 valence electrons. The number of carbonyl (C=O) groups is 2. The number of esters is 1. The predicted octanol–water partition coefficient (Wildman–Crippen LogP) is 7.57. The van der Waals surface area contributed by atoms with E-state index < -0.39 is 60.1 Å². The molecule has 5 rings (SSSR count). The molecule has 3 aromatic rings. The van der Waals surface area contributed by atoms with Crippen LogP contribution in [-0.2, 0) is 51.2 Å². The highest BCUT2D eigenvalue weighted by atomic mass is 16.8. The van der Waals surface area contributed by atoms with Crippen molar-refractivity contribution in [2.45, 2.75) is 116 Å². The van der Waals surface area contributed by atoms with Gasteiger partial charge >= 0.3 is 12.1 Å². The minimum Gasteiger partial charge on any atom is -0.455 e. The minimum atomic E-state index is -0.772. The van der Waals surface area contributed by atoms with Gasteiger partial charge in [-0.25, -0.2) is 9.59 Å². The zero-order valence-electron chi connectivity index (χ0n) is 30.4. The lowest BCUT2D eigenvalue weighted by Gasteiger charge is -2.42. The minimum absolute atomic E-state index is 0.0121. The maximum absolute atomic E-state index is 13.2. The molecule has 0 unspecified atom stereocenters. The second kappa shape index (κ2) is 17.4. The quantitative estimate of drug-likeness (QED) is 0.143. The Hall–Kier alpha value is -4.06. The number of hydrogen-bond acceptors (Lipinski definition) is 9. The predicted molar refractivity (Wildman–Crippen MR) is 191 cm³/mol. The Kier molecular flexibility index (Phi) is 13.1. The maximum atomic E-state index is 13.2. The van der Waals surface area contributed by atoms with Gasteiger partial charge in [-0.2, -0.15) is 0 Å². The van der Waals surface area contributed by atoms with Crippen LogP contribution >= 0.6 is 0 Å². The summed E-state index contributed by atoms with van der Waals surface area (Å²) in [5.41, 5.74) is 1.42. The van der Waals surface area contributed by atoms with Gasteiger partial charge in [0.2, 0.25) is 0 Å². The molecule has 51 heavy (non-hydrogen) atoms. The van der Waals surface area contributed by atoms with Crippen LogP contribution in [0.5, 0.6) is 0 Å². The van der Waals surface area contributed by atoms with Gasteiger partial charge in [-0.05, 0) is 65.5 Å². The number of alkyl carbamates (subject to hydrolysis) is 1. The molecule has 0 radical (unpaired) electrons. The van der Waals surface area contributed by atoms with Gasteiger partial charge in [-0.3, -0.25) is 5.32 Å². The molecule has 1 amide bonds. The highest BCUT2D eigenvalue weighted by Gasteiger charge is 2.53. The number of rotatable bonds is 13. The van der Waals surface area contributed by atoms with Crippen LogP contribution in [0.2, 0.25) is 0 Å². The highest BCUT2D eigenvalue weighted by Crippen LogP contribution is 2.41. The number of allylic oxidation sites excluding steroid dienone is 1. The van der Waals surface area contributed by atoms with Crippen molar-refractivity contribution in [2.24, 2.45) is 0 Å². The second-order valence-corrected chi connectivity index (χ2v) is 14.7. The van der Waals surface area contributed by atoms with E-state index in [-0.39, 0.29) is 12.3 Å². The summed E-state index contributed by atoms with van der Waals surface area (Å²) in [6.45, 7) is 11.6. The molecule has 2 heterocycles. The van der Waals surface area contributed by atoms with Gasteiger partial charge in [0.25, 0.3) is 0 Å². The molecule has 0 aromatic heterocycles. The number of benzene rings is 3. The van der Waals surface area contributed by atoms with E-state index >= 15 is 0 Å². The van der Waals surface area contributed by atoms with E-state index in [1.165, 1.54) is 0 Å². The summed E-state index contributed by atoms with van der Waals surface area (Å²) < 4.78 is 43.8. The molecular weight excluding hydrogens is 650 g/mol. The molecule has 2 aliphatic rings. The first-order valence-corrected chi connectivity index (χ1v) is 17.6. The molecule has 6 atom stereocenters. The first-order chi connectivity index (χ1) is 24.3. The molecule has 2 saturated heterocycles.